The van der Waals surface area contributed by atoms with Crippen molar-refractivity contribution in [3.8, 4) is 0 Å². The van der Waals surface area contributed by atoms with E-state index in [4.69, 9.17) is 0 Å². The molecule has 1 N–H and O–H groups in total. The lowest BCUT2D eigenvalue weighted by Gasteiger charge is -2.18. The number of thiophene rings is 1. The van der Waals surface area contributed by atoms with Crippen LogP contribution in [-0.4, -0.2) is 11.5 Å². The van der Waals surface area contributed by atoms with E-state index < -0.39 is 0 Å². The molecule has 1 atom stereocenters. The molecule has 0 saturated heterocycles. The lowest BCUT2D eigenvalue weighted by atomic mass is 10.00. The van der Waals surface area contributed by atoms with Crippen LogP contribution in [0.4, 0.5) is 0 Å². The maximum absolute atomic E-state index is 4.54. The molecule has 2 aromatic heterocycles. The number of hydrogen-bond donors (Lipinski definition) is 1. The monoisotopic (exact) mass is 268 g/mol. The van der Waals surface area contributed by atoms with Gasteiger partial charge in [0, 0.05) is 6.20 Å². The van der Waals surface area contributed by atoms with E-state index in [1.807, 2.05) is 12.3 Å². The highest BCUT2D eigenvalue weighted by atomic mass is 32.1. The van der Waals surface area contributed by atoms with Crippen LogP contribution in [0, 0.1) is 0 Å². The molecule has 0 aliphatic carbocycles. The number of benzene rings is 1. The van der Waals surface area contributed by atoms with Crippen LogP contribution in [-0.2, 0) is 0 Å². The van der Waals surface area contributed by atoms with Crippen LogP contribution in [0.1, 0.15) is 24.1 Å². The zero-order chi connectivity index (χ0) is 13.1. The Morgan fingerprint density at radius 3 is 2.79 bits per heavy atom. The summed E-state index contributed by atoms with van der Waals surface area (Å²) in [7, 11) is 0. The summed E-state index contributed by atoms with van der Waals surface area (Å²) in [6, 6.07) is 15.0. The molecule has 1 unspecified atom stereocenters. The molecule has 3 rings (SSSR count). The molecule has 3 aromatic rings. The van der Waals surface area contributed by atoms with Crippen molar-refractivity contribution in [1.82, 2.24) is 10.3 Å². The molecule has 0 bridgehead atoms. The molecule has 0 aliphatic rings. The largest absolute Gasteiger partial charge is 0.306 e. The molecular formula is C16H16N2S. The van der Waals surface area contributed by atoms with E-state index in [1.165, 1.54) is 15.8 Å². The third kappa shape index (κ3) is 2.53. The number of rotatable bonds is 4. The summed E-state index contributed by atoms with van der Waals surface area (Å²) in [5.41, 5.74) is 3.59. The Labute approximate surface area is 117 Å². The molecule has 0 fully saturated rings. The number of hydrogen-bond acceptors (Lipinski definition) is 3. The SMILES string of the molecule is CCNC(c1ccccc1)c1cnc2ccsc2c1. The fourth-order valence-corrected chi connectivity index (χ4v) is 3.09. The summed E-state index contributed by atoms with van der Waals surface area (Å²) >= 11 is 1.74. The Morgan fingerprint density at radius 1 is 1.16 bits per heavy atom. The van der Waals surface area contributed by atoms with Crippen molar-refractivity contribution in [3.63, 3.8) is 0 Å². The fraction of sp³-hybridized carbons (Fsp3) is 0.188. The van der Waals surface area contributed by atoms with E-state index in [0.29, 0.717) is 0 Å². The predicted octanol–water partition coefficient (Wildman–Crippen LogP) is 4.00. The summed E-state index contributed by atoms with van der Waals surface area (Å²) in [6.45, 7) is 3.06. The van der Waals surface area contributed by atoms with Crippen molar-refractivity contribution in [2.24, 2.45) is 0 Å². The summed E-state index contributed by atoms with van der Waals surface area (Å²) in [5, 5.41) is 5.63. The topological polar surface area (TPSA) is 24.9 Å². The predicted molar refractivity (Wildman–Crippen MR) is 81.6 cm³/mol. The minimum absolute atomic E-state index is 0.213. The molecule has 0 spiro atoms. The first-order chi connectivity index (χ1) is 9.38. The highest BCUT2D eigenvalue weighted by Crippen LogP contribution is 2.26. The normalized spacial score (nSPS) is 12.7. The van der Waals surface area contributed by atoms with Gasteiger partial charge in [0.15, 0.2) is 0 Å². The molecule has 0 aliphatic heterocycles. The second-order valence-electron chi connectivity index (χ2n) is 4.47. The highest BCUT2D eigenvalue weighted by Gasteiger charge is 2.13. The van der Waals surface area contributed by atoms with E-state index in [2.05, 4.69) is 59.0 Å². The Bertz CT molecular complexity index is 661. The smallest absolute Gasteiger partial charge is 0.0809 e. The van der Waals surface area contributed by atoms with Gasteiger partial charge in [0.2, 0.25) is 0 Å². The first-order valence-electron chi connectivity index (χ1n) is 6.50. The van der Waals surface area contributed by atoms with E-state index in [-0.39, 0.29) is 6.04 Å². The minimum atomic E-state index is 0.213. The van der Waals surface area contributed by atoms with Gasteiger partial charge in [-0.25, -0.2) is 0 Å². The quantitative estimate of drug-likeness (QED) is 0.773. The van der Waals surface area contributed by atoms with E-state index in [9.17, 15) is 0 Å². The zero-order valence-electron chi connectivity index (χ0n) is 10.8. The van der Waals surface area contributed by atoms with Crippen LogP contribution in [0.15, 0.2) is 54.0 Å². The Morgan fingerprint density at radius 2 is 2.00 bits per heavy atom. The van der Waals surface area contributed by atoms with E-state index in [0.717, 1.165) is 12.1 Å². The molecule has 1 aromatic carbocycles. The third-order valence-corrected chi connectivity index (χ3v) is 4.05. The summed E-state index contributed by atoms with van der Waals surface area (Å²) in [5.74, 6) is 0. The van der Waals surface area contributed by atoms with Crippen LogP contribution in [0.2, 0.25) is 0 Å². The number of aromatic nitrogens is 1. The maximum atomic E-state index is 4.54. The molecule has 0 amide bonds. The summed E-state index contributed by atoms with van der Waals surface area (Å²) in [6.07, 6.45) is 1.98. The van der Waals surface area contributed by atoms with Gasteiger partial charge in [-0.2, -0.15) is 0 Å². The van der Waals surface area contributed by atoms with Crippen molar-refractivity contribution < 1.29 is 0 Å². The van der Waals surface area contributed by atoms with Crippen LogP contribution in [0.5, 0.6) is 0 Å². The number of nitrogens with one attached hydrogen (secondary N) is 1. The number of pyridine rings is 1. The van der Waals surface area contributed by atoms with Gasteiger partial charge in [0.05, 0.1) is 16.3 Å². The van der Waals surface area contributed by atoms with Gasteiger partial charge in [-0.1, -0.05) is 37.3 Å². The van der Waals surface area contributed by atoms with Crippen LogP contribution >= 0.6 is 11.3 Å². The van der Waals surface area contributed by atoms with Crippen LogP contribution < -0.4 is 5.32 Å². The molecular weight excluding hydrogens is 252 g/mol. The molecule has 96 valence electrons. The first-order valence-corrected chi connectivity index (χ1v) is 7.38. The van der Waals surface area contributed by atoms with Gasteiger partial charge in [-0.05, 0) is 35.2 Å². The van der Waals surface area contributed by atoms with Crippen molar-refractivity contribution in [3.05, 3.63) is 65.2 Å². The van der Waals surface area contributed by atoms with Gasteiger partial charge in [0.25, 0.3) is 0 Å². The Hall–Kier alpha value is -1.71. The Kier molecular flexibility index (Phi) is 3.58. The average Bonchev–Trinajstić information content (AvgIpc) is 2.93. The fourth-order valence-electron chi connectivity index (χ4n) is 2.30. The number of fused-ring (bicyclic) bond motifs is 1. The van der Waals surface area contributed by atoms with Crippen molar-refractivity contribution in [1.29, 1.82) is 0 Å². The number of nitrogens with zero attached hydrogens (tertiary/aromatic N) is 1. The third-order valence-electron chi connectivity index (χ3n) is 3.20. The second-order valence-corrected chi connectivity index (χ2v) is 5.42. The van der Waals surface area contributed by atoms with Gasteiger partial charge in [-0.15, -0.1) is 11.3 Å². The molecule has 19 heavy (non-hydrogen) atoms. The molecule has 0 radical (unpaired) electrons. The molecule has 2 heterocycles. The van der Waals surface area contributed by atoms with Crippen molar-refractivity contribution in [2.45, 2.75) is 13.0 Å². The minimum Gasteiger partial charge on any atom is -0.306 e. The summed E-state index contributed by atoms with van der Waals surface area (Å²) < 4.78 is 1.25. The van der Waals surface area contributed by atoms with E-state index >= 15 is 0 Å². The van der Waals surface area contributed by atoms with Crippen molar-refractivity contribution >= 4 is 21.6 Å². The van der Waals surface area contributed by atoms with E-state index in [1.54, 1.807) is 11.3 Å². The van der Waals surface area contributed by atoms with Gasteiger partial charge in [-0.3, -0.25) is 4.98 Å². The van der Waals surface area contributed by atoms with Gasteiger partial charge >= 0.3 is 0 Å². The Balaban J connectivity index is 2.03. The highest BCUT2D eigenvalue weighted by molar-refractivity contribution is 7.17. The zero-order valence-corrected chi connectivity index (χ0v) is 11.7. The summed E-state index contributed by atoms with van der Waals surface area (Å²) in [4.78, 5) is 4.54. The standard InChI is InChI=1S/C16H16N2S/c1-2-17-16(12-6-4-3-5-7-12)13-10-15-14(18-11-13)8-9-19-15/h3-11,16-17H,2H2,1H3. The average molecular weight is 268 g/mol. The van der Waals surface area contributed by atoms with Crippen LogP contribution in [0.25, 0.3) is 10.2 Å². The molecule has 2 nitrogen and oxygen atoms in total. The maximum Gasteiger partial charge on any atom is 0.0809 e. The second kappa shape index (κ2) is 5.51. The van der Waals surface area contributed by atoms with Gasteiger partial charge < -0.3 is 5.32 Å². The molecule has 3 heteroatoms. The van der Waals surface area contributed by atoms with Crippen LogP contribution in [0.3, 0.4) is 0 Å². The first kappa shape index (κ1) is 12.3. The lowest BCUT2D eigenvalue weighted by molar-refractivity contribution is 0.630. The van der Waals surface area contributed by atoms with Crippen molar-refractivity contribution in [2.75, 3.05) is 6.54 Å². The van der Waals surface area contributed by atoms with Gasteiger partial charge in [0.1, 0.15) is 0 Å². The molecule has 0 saturated carbocycles. The lowest BCUT2D eigenvalue weighted by Crippen LogP contribution is -2.22.